The minimum Gasteiger partial charge on any atom is -0.507 e. The van der Waals surface area contributed by atoms with E-state index < -0.39 is 5.97 Å². The van der Waals surface area contributed by atoms with Crippen molar-refractivity contribution in [3.05, 3.63) is 53.4 Å². The van der Waals surface area contributed by atoms with Gasteiger partial charge in [0.1, 0.15) is 5.75 Å². The zero-order valence-electron chi connectivity index (χ0n) is 11.5. The molecular formula is C17H14O3S. The molecule has 1 aromatic heterocycles. The number of hydrogen-bond donors (Lipinski definition) is 1. The van der Waals surface area contributed by atoms with Gasteiger partial charge < -0.3 is 9.84 Å². The van der Waals surface area contributed by atoms with Gasteiger partial charge in [0.25, 0.3) is 0 Å². The topological polar surface area (TPSA) is 46.5 Å². The Morgan fingerprint density at radius 1 is 1.24 bits per heavy atom. The Kier molecular flexibility index (Phi) is 3.62. The van der Waals surface area contributed by atoms with Crippen LogP contribution in [0.25, 0.3) is 21.2 Å². The van der Waals surface area contributed by atoms with Gasteiger partial charge in [0.05, 0.1) is 12.2 Å². The summed E-state index contributed by atoms with van der Waals surface area (Å²) in [6, 6.07) is 13.1. The molecule has 0 spiro atoms. The maximum atomic E-state index is 11.8. The molecule has 2 aromatic carbocycles. The van der Waals surface area contributed by atoms with Crippen LogP contribution < -0.4 is 0 Å². The summed E-state index contributed by atoms with van der Waals surface area (Å²) in [4.78, 5) is 11.8. The fraction of sp³-hybridized carbons (Fsp3) is 0.118. The third kappa shape index (κ3) is 2.50. The van der Waals surface area contributed by atoms with Gasteiger partial charge in [0.15, 0.2) is 0 Å². The maximum absolute atomic E-state index is 11.8. The molecule has 3 rings (SSSR count). The molecule has 1 N–H and O–H groups in total. The van der Waals surface area contributed by atoms with E-state index in [1.54, 1.807) is 13.0 Å². The molecule has 0 aliphatic heterocycles. The molecule has 0 atom stereocenters. The third-order valence-corrected chi connectivity index (χ3v) is 4.18. The van der Waals surface area contributed by atoms with E-state index in [0.29, 0.717) is 12.2 Å². The molecular weight excluding hydrogens is 284 g/mol. The standard InChI is InChI=1S/C17H14O3S/c1-2-20-17(19)12-8-14(18)16-13(10-21-15(16)9-12)11-6-4-3-5-7-11/h3-10,18H,2H2,1H3. The molecule has 1 heterocycles. The summed E-state index contributed by atoms with van der Waals surface area (Å²) in [5.74, 6) is -0.306. The number of thiophene rings is 1. The lowest BCUT2D eigenvalue weighted by molar-refractivity contribution is 0.0526. The van der Waals surface area contributed by atoms with Crippen LogP contribution in [0.1, 0.15) is 17.3 Å². The monoisotopic (exact) mass is 298 g/mol. The molecule has 0 aliphatic carbocycles. The summed E-state index contributed by atoms with van der Waals surface area (Å²) >= 11 is 1.50. The van der Waals surface area contributed by atoms with Crippen molar-refractivity contribution in [2.75, 3.05) is 6.61 Å². The van der Waals surface area contributed by atoms with Crippen molar-refractivity contribution < 1.29 is 14.6 Å². The van der Waals surface area contributed by atoms with E-state index in [1.807, 2.05) is 35.7 Å². The van der Waals surface area contributed by atoms with E-state index in [0.717, 1.165) is 21.2 Å². The lowest BCUT2D eigenvalue weighted by atomic mass is 10.0. The van der Waals surface area contributed by atoms with Gasteiger partial charge in [-0.25, -0.2) is 4.79 Å². The molecule has 21 heavy (non-hydrogen) atoms. The van der Waals surface area contributed by atoms with E-state index in [2.05, 4.69) is 0 Å². The van der Waals surface area contributed by atoms with Gasteiger partial charge in [0.2, 0.25) is 0 Å². The third-order valence-electron chi connectivity index (χ3n) is 3.25. The lowest BCUT2D eigenvalue weighted by Crippen LogP contribution is -2.04. The first kappa shape index (κ1) is 13.6. The van der Waals surface area contributed by atoms with Crippen LogP contribution in [0, 0.1) is 0 Å². The Morgan fingerprint density at radius 3 is 2.71 bits per heavy atom. The van der Waals surface area contributed by atoms with Crippen molar-refractivity contribution in [3.63, 3.8) is 0 Å². The predicted molar refractivity (Wildman–Crippen MR) is 84.9 cm³/mol. The largest absolute Gasteiger partial charge is 0.507 e. The van der Waals surface area contributed by atoms with E-state index in [1.165, 1.54) is 17.4 Å². The number of benzene rings is 2. The van der Waals surface area contributed by atoms with E-state index in [-0.39, 0.29) is 5.75 Å². The molecule has 0 saturated heterocycles. The Bertz CT molecular complexity index is 790. The molecule has 0 fully saturated rings. The van der Waals surface area contributed by atoms with Crippen LogP contribution in [-0.4, -0.2) is 17.7 Å². The number of rotatable bonds is 3. The highest BCUT2D eigenvalue weighted by Gasteiger charge is 2.15. The van der Waals surface area contributed by atoms with Gasteiger partial charge in [-0.15, -0.1) is 11.3 Å². The quantitative estimate of drug-likeness (QED) is 0.727. The van der Waals surface area contributed by atoms with Crippen molar-refractivity contribution in [1.29, 1.82) is 0 Å². The molecule has 0 amide bonds. The zero-order valence-corrected chi connectivity index (χ0v) is 12.3. The minimum atomic E-state index is -0.413. The number of ether oxygens (including phenoxy) is 1. The number of fused-ring (bicyclic) bond motifs is 1. The number of carbonyl (C=O) groups excluding carboxylic acids is 1. The second-order valence-electron chi connectivity index (χ2n) is 4.60. The van der Waals surface area contributed by atoms with Crippen molar-refractivity contribution in [3.8, 4) is 16.9 Å². The van der Waals surface area contributed by atoms with Crippen molar-refractivity contribution in [2.45, 2.75) is 6.92 Å². The molecule has 0 aliphatic rings. The average Bonchev–Trinajstić information content (AvgIpc) is 2.93. The summed E-state index contributed by atoms with van der Waals surface area (Å²) in [5, 5.41) is 13.1. The Hall–Kier alpha value is -2.33. The first-order valence-electron chi connectivity index (χ1n) is 6.67. The first-order chi connectivity index (χ1) is 10.2. The smallest absolute Gasteiger partial charge is 0.338 e. The number of aromatic hydroxyl groups is 1. The van der Waals surface area contributed by atoms with Crippen molar-refractivity contribution in [1.82, 2.24) is 0 Å². The number of hydrogen-bond acceptors (Lipinski definition) is 4. The Morgan fingerprint density at radius 2 is 2.00 bits per heavy atom. The lowest BCUT2D eigenvalue weighted by Gasteiger charge is -2.05. The van der Waals surface area contributed by atoms with Gasteiger partial charge >= 0.3 is 5.97 Å². The van der Waals surface area contributed by atoms with Gasteiger partial charge in [-0.3, -0.25) is 0 Å². The minimum absolute atomic E-state index is 0.107. The highest BCUT2D eigenvalue weighted by atomic mass is 32.1. The van der Waals surface area contributed by atoms with Crippen LogP contribution in [0.4, 0.5) is 0 Å². The normalized spacial score (nSPS) is 10.7. The van der Waals surface area contributed by atoms with Crippen molar-refractivity contribution >= 4 is 27.4 Å². The van der Waals surface area contributed by atoms with Gasteiger partial charge in [-0.1, -0.05) is 30.3 Å². The van der Waals surface area contributed by atoms with Crippen LogP contribution in [0.15, 0.2) is 47.8 Å². The number of phenols is 1. The molecule has 0 saturated carbocycles. The predicted octanol–water partition coefficient (Wildman–Crippen LogP) is 4.45. The molecule has 3 aromatic rings. The van der Waals surface area contributed by atoms with Crippen LogP contribution in [0.5, 0.6) is 5.75 Å². The van der Waals surface area contributed by atoms with Crippen LogP contribution in [0.3, 0.4) is 0 Å². The van der Waals surface area contributed by atoms with Gasteiger partial charge in [-0.05, 0) is 30.0 Å². The van der Waals surface area contributed by atoms with Crippen LogP contribution >= 0.6 is 11.3 Å². The fourth-order valence-corrected chi connectivity index (χ4v) is 3.33. The van der Waals surface area contributed by atoms with Crippen LogP contribution in [0.2, 0.25) is 0 Å². The molecule has 0 bridgehead atoms. The summed E-state index contributed by atoms with van der Waals surface area (Å²) in [7, 11) is 0. The highest BCUT2D eigenvalue weighted by molar-refractivity contribution is 7.17. The number of phenolic OH excluding ortho intramolecular Hbond substituents is 1. The molecule has 3 nitrogen and oxygen atoms in total. The Labute approximate surface area is 126 Å². The van der Waals surface area contributed by atoms with Gasteiger partial charge in [-0.2, -0.15) is 0 Å². The summed E-state index contributed by atoms with van der Waals surface area (Å²) in [6.45, 7) is 2.08. The van der Waals surface area contributed by atoms with E-state index >= 15 is 0 Å². The highest BCUT2D eigenvalue weighted by Crippen LogP contribution is 2.40. The molecule has 106 valence electrons. The summed E-state index contributed by atoms with van der Waals surface area (Å²) < 4.78 is 5.85. The van der Waals surface area contributed by atoms with E-state index in [4.69, 9.17) is 4.74 Å². The van der Waals surface area contributed by atoms with Gasteiger partial charge in [0, 0.05) is 15.6 Å². The Balaban J connectivity index is 2.14. The molecule has 4 heteroatoms. The number of esters is 1. The van der Waals surface area contributed by atoms with Crippen molar-refractivity contribution in [2.24, 2.45) is 0 Å². The molecule has 0 radical (unpaired) electrons. The SMILES string of the molecule is CCOC(=O)c1cc(O)c2c(-c3ccccc3)csc2c1. The van der Waals surface area contributed by atoms with Crippen LogP contribution in [-0.2, 0) is 4.74 Å². The second-order valence-corrected chi connectivity index (χ2v) is 5.52. The summed E-state index contributed by atoms with van der Waals surface area (Å²) in [5.41, 5.74) is 2.40. The fourth-order valence-electron chi connectivity index (χ4n) is 2.31. The molecule has 0 unspecified atom stereocenters. The van der Waals surface area contributed by atoms with E-state index in [9.17, 15) is 9.90 Å². The first-order valence-corrected chi connectivity index (χ1v) is 7.55. The second kappa shape index (κ2) is 5.58. The average molecular weight is 298 g/mol. The maximum Gasteiger partial charge on any atom is 0.338 e. The number of carbonyl (C=O) groups is 1. The summed E-state index contributed by atoms with van der Waals surface area (Å²) in [6.07, 6.45) is 0. The zero-order chi connectivity index (χ0) is 14.8.